The normalized spacial score (nSPS) is 13.6. The summed E-state index contributed by atoms with van der Waals surface area (Å²) in [5, 5.41) is 9.12. The first-order valence-electron chi connectivity index (χ1n) is 4.87. The Morgan fingerprint density at radius 1 is 1.41 bits per heavy atom. The van der Waals surface area contributed by atoms with Gasteiger partial charge in [-0.25, -0.2) is 0 Å². The van der Waals surface area contributed by atoms with Crippen LogP contribution in [0, 0.1) is 0 Å². The molecule has 0 aromatic heterocycles. The lowest BCUT2D eigenvalue weighted by molar-refractivity contribution is -0.137. The second kappa shape index (κ2) is 5.14. The number of ether oxygens (including phenoxy) is 1. The molecular weight excluding hydrogens is 257 g/mol. The smallest absolute Gasteiger partial charge is 0.416 e. The summed E-state index contributed by atoms with van der Waals surface area (Å²) in [6.45, 7) is 1.48. The molecule has 0 aliphatic carbocycles. The van der Waals surface area contributed by atoms with Gasteiger partial charge in [0.1, 0.15) is 5.75 Å². The largest absolute Gasteiger partial charge is 0.495 e. The molecule has 6 heteroatoms. The van der Waals surface area contributed by atoms with Crippen LogP contribution in [-0.2, 0) is 12.6 Å². The van der Waals surface area contributed by atoms with Gasteiger partial charge in [-0.05, 0) is 24.6 Å². The van der Waals surface area contributed by atoms with E-state index in [1.165, 1.54) is 14.0 Å². The van der Waals surface area contributed by atoms with Crippen molar-refractivity contribution < 1.29 is 23.0 Å². The van der Waals surface area contributed by atoms with Crippen molar-refractivity contribution in [2.75, 3.05) is 7.11 Å². The molecule has 1 N–H and O–H groups in total. The second-order valence-corrected chi connectivity index (χ2v) is 4.11. The van der Waals surface area contributed by atoms with Crippen LogP contribution in [0.25, 0.3) is 0 Å². The van der Waals surface area contributed by atoms with Crippen molar-refractivity contribution in [2.24, 2.45) is 0 Å². The van der Waals surface area contributed by atoms with E-state index in [4.69, 9.17) is 16.3 Å². The third-order valence-electron chi connectivity index (χ3n) is 2.17. The van der Waals surface area contributed by atoms with Crippen molar-refractivity contribution in [3.05, 3.63) is 28.3 Å². The Bertz CT molecular complexity index is 402. The summed E-state index contributed by atoms with van der Waals surface area (Å²) in [5.41, 5.74) is -0.610. The minimum atomic E-state index is -4.47. The van der Waals surface area contributed by atoms with Crippen molar-refractivity contribution in [3.63, 3.8) is 0 Å². The molecule has 0 radical (unpaired) electrons. The third kappa shape index (κ3) is 3.51. The standard InChI is InChI=1S/C11H12ClF3O2/c1-6(16)3-7-4-8(11(13,14)15)5-9(12)10(7)17-2/h4-6,16H,3H2,1-2H3. The highest BCUT2D eigenvalue weighted by Crippen LogP contribution is 2.37. The minimum absolute atomic E-state index is 0.0484. The molecule has 0 heterocycles. The van der Waals surface area contributed by atoms with Crippen LogP contribution in [-0.4, -0.2) is 18.3 Å². The van der Waals surface area contributed by atoms with Crippen molar-refractivity contribution in [1.82, 2.24) is 0 Å². The maximum absolute atomic E-state index is 12.6. The quantitative estimate of drug-likeness (QED) is 0.911. The van der Waals surface area contributed by atoms with Gasteiger partial charge in [0.25, 0.3) is 0 Å². The summed E-state index contributed by atoms with van der Waals surface area (Å²) in [4.78, 5) is 0. The van der Waals surface area contributed by atoms with Crippen LogP contribution >= 0.6 is 11.6 Å². The van der Waals surface area contributed by atoms with E-state index in [2.05, 4.69) is 0 Å². The summed E-state index contributed by atoms with van der Waals surface area (Å²) >= 11 is 5.72. The van der Waals surface area contributed by atoms with E-state index in [0.29, 0.717) is 0 Å². The molecular formula is C11H12ClF3O2. The fourth-order valence-corrected chi connectivity index (χ4v) is 1.83. The number of aliphatic hydroxyl groups is 1. The average Bonchev–Trinajstić information content (AvgIpc) is 2.14. The molecule has 0 saturated heterocycles. The van der Waals surface area contributed by atoms with Gasteiger partial charge in [0.05, 0.1) is 23.8 Å². The Balaban J connectivity index is 3.28. The first-order chi connectivity index (χ1) is 7.75. The number of aliphatic hydroxyl groups excluding tert-OH is 1. The Morgan fingerprint density at radius 2 is 2.00 bits per heavy atom. The van der Waals surface area contributed by atoms with Gasteiger partial charge in [0.15, 0.2) is 0 Å². The van der Waals surface area contributed by atoms with Gasteiger partial charge < -0.3 is 9.84 Å². The molecule has 1 aromatic rings. The van der Waals surface area contributed by atoms with Crippen LogP contribution < -0.4 is 4.74 Å². The van der Waals surface area contributed by atoms with Crippen molar-refractivity contribution >= 4 is 11.6 Å². The van der Waals surface area contributed by atoms with Crippen LogP contribution in [0.5, 0.6) is 5.75 Å². The van der Waals surface area contributed by atoms with E-state index in [9.17, 15) is 18.3 Å². The predicted molar refractivity (Wildman–Crippen MR) is 58.4 cm³/mol. The van der Waals surface area contributed by atoms with Crippen LogP contribution in [0.3, 0.4) is 0 Å². The van der Waals surface area contributed by atoms with Crippen molar-refractivity contribution in [1.29, 1.82) is 0 Å². The molecule has 0 amide bonds. The zero-order valence-electron chi connectivity index (χ0n) is 9.31. The van der Waals surface area contributed by atoms with E-state index in [-0.39, 0.29) is 22.8 Å². The summed E-state index contributed by atoms with van der Waals surface area (Å²) in [5.74, 6) is 0.167. The van der Waals surface area contributed by atoms with Crippen molar-refractivity contribution in [2.45, 2.75) is 25.6 Å². The first kappa shape index (κ1) is 14.1. The molecule has 17 heavy (non-hydrogen) atoms. The molecule has 1 rings (SSSR count). The number of hydrogen-bond donors (Lipinski definition) is 1. The summed E-state index contributed by atoms with van der Waals surface area (Å²) in [6.07, 6.45) is -5.20. The van der Waals surface area contributed by atoms with Crippen LogP contribution in [0.4, 0.5) is 13.2 Å². The maximum Gasteiger partial charge on any atom is 0.416 e. The zero-order valence-corrected chi connectivity index (χ0v) is 10.1. The number of benzene rings is 1. The Hall–Kier alpha value is -0.940. The fraction of sp³-hybridized carbons (Fsp3) is 0.455. The Morgan fingerprint density at radius 3 is 2.41 bits per heavy atom. The zero-order chi connectivity index (χ0) is 13.2. The highest BCUT2D eigenvalue weighted by atomic mass is 35.5. The number of alkyl halides is 3. The summed E-state index contributed by atoms with van der Waals surface area (Å²) in [6, 6.07) is 1.75. The van der Waals surface area contributed by atoms with Gasteiger partial charge in [-0.2, -0.15) is 13.2 Å². The summed E-state index contributed by atoms with van der Waals surface area (Å²) < 4.78 is 42.6. The molecule has 2 nitrogen and oxygen atoms in total. The lowest BCUT2D eigenvalue weighted by atomic mass is 10.0. The number of methoxy groups -OCH3 is 1. The van der Waals surface area contributed by atoms with Gasteiger partial charge in [-0.3, -0.25) is 0 Å². The van der Waals surface area contributed by atoms with Gasteiger partial charge in [0, 0.05) is 6.42 Å². The Labute approximate surface area is 102 Å². The molecule has 0 fully saturated rings. The van der Waals surface area contributed by atoms with Crippen molar-refractivity contribution in [3.8, 4) is 5.75 Å². The van der Waals surface area contributed by atoms with Gasteiger partial charge in [0.2, 0.25) is 0 Å². The number of rotatable bonds is 3. The lowest BCUT2D eigenvalue weighted by Gasteiger charge is -2.15. The van der Waals surface area contributed by atoms with E-state index >= 15 is 0 Å². The fourth-order valence-electron chi connectivity index (χ4n) is 1.51. The van der Waals surface area contributed by atoms with Crippen LogP contribution in [0.2, 0.25) is 5.02 Å². The molecule has 0 aliphatic rings. The average molecular weight is 269 g/mol. The minimum Gasteiger partial charge on any atom is -0.495 e. The number of halogens is 4. The molecule has 1 atom stereocenters. The maximum atomic E-state index is 12.6. The van der Waals surface area contributed by atoms with E-state index in [0.717, 1.165) is 12.1 Å². The van der Waals surface area contributed by atoms with E-state index in [1.807, 2.05) is 0 Å². The van der Waals surface area contributed by atoms with Crippen LogP contribution in [0.1, 0.15) is 18.1 Å². The highest BCUT2D eigenvalue weighted by Gasteiger charge is 2.32. The Kier molecular flexibility index (Phi) is 4.27. The predicted octanol–water partition coefficient (Wildman–Crippen LogP) is 3.29. The molecule has 0 aliphatic heterocycles. The number of hydrogen-bond acceptors (Lipinski definition) is 2. The summed E-state index contributed by atoms with van der Waals surface area (Å²) in [7, 11) is 1.32. The molecule has 0 saturated carbocycles. The third-order valence-corrected chi connectivity index (χ3v) is 2.45. The van der Waals surface area contributed by atoms with Gasteiger partial charge in [-0.15, -0.1) is 0 Å². The molecule has 96 valence electrons. The SMILES string of the molecule is COc1c(Cl)cc(C(F)(F)F)cc1CC(C)O. The van der Waals surface area contributed by atoms with Crippen LogP contribution in [0.15, 0.2) is 12.1 Å². The highest BCUT2D eigenvalue weighted by molar-refractivity contribution is 6.32. The first-order valence-corrected chi connectivity index (χ1v) is 5.25. The monoisotopic (exact) mass is 268 g/mol. The lowest BCUT2D eigenvalue weighted by Crippen LogP contribution is -2.10. The molecule has 0 spiro atoms. The van der Waals surface area contributed by atoms with E-state index in [1.54, 1.807) is 0 Å². The van der Waals surface area contributed by atoms with Gasteiger partial charge >= 0.3 is 6.18 Å². The molecule has 0 bridgehead atoms. The van der Waals surface area contributed by atoms with E-state index < -0.39 is 17.8 Å². The molecule has 1 aromatic carbocycles. The van der Waals surface area contributed by atoms with Gasteiger partial charge in [-0.1, -0.05) is 11.6 Å². The molecule has 1 unspecified atom stereocenters. The second-order valence-electron chi connectivity index (χ2n) is 3.70. The topological polar surface area (TPSA) is 29.5 Å².